The highest BCUT2D eigenvalue weighted by atomic mass is 19.2. The minimum atomic E-state index is -1.31. The van der Waals surface area contributed by atoms with Gasteiger partial charge in [-0.2, -0.15) is 0 Å². The standard InChI is InChI=1S/C12H8BF4/c13-8-11(16)9(14)7(10(15)12(8)17)6-4-2-1-3-5-6/h1-5H,13H3/q-1. The molecule has 0 heterocycles. The third kappa shape index (κ3) is 1.81. The summed E-state index contributed by atoms with van der Waals surface area (Å²) >= 11 is 0. The van der Waals surface area contributed by atoms with Gasteiger partial charge >= 0.3 is 0 Å². The van der Waals surface area contributed by atoms with Gasteiger partial charge in [0.2, 0.25) is 0 Å². The predicted octanol–water partition coefficient (Wildman–Crippen LogP) is 1.90. The fourth-order valence-corrected chi connectivity index (χ4v) is 1.38. The molecule has 2 aromatic rings. The largest absolute Gasteiger partial charge is 0.207 e. The van der Waals surface area contributed by atoms with Crippen molar-refractivity contribution in [1.29, 1.82) is 0 Å². The van der Waals surface area contributed by atoms with Crippen LogP contribution in [0.25, 0.3) is 11.1 Å². The smallest absolute Gasteiger partial charge is 0.166 e. The maximum Gasteiger partial charge on any atom is 0.166 e. The third-order valence-electron chi connectivity index (χ3n) is 2.11. The second-order valence-corrected chi connectivity index (χ2v) is 3.12. The Hall–Kier alpha value is -1.78. The normalized spacial score (nSPS) is 10.6. The highest BCUT2D eigenvalue weighted by molar-refractivity contribution is 6.32. The molecule has 0 atom stereocenters. The second kappa shape index (κ2) is 4.24. The molecular weight excluding hydrogens is 231 g/mol. The van der Waals surface area contributed by atoms with Gasteiger partial charge in [0, 0.05) is 0 Å². The first-order valence-corrected chi connectivity index (χ1v) is 4.42. The van der Waals surface area contributed by atoms with Crippen molar-refractivity contribution in [2.45, 2.75) is 0 Å². The van der Waals surface area contributed by atoms with Crippen molar-refractivity contribution in [3.05, 3.63) is 53.6 Å². The Kier molecular flexibility index (Phi) is 2.92. The van der Waals surface area contributed by atoms with Crippen LogP contribution in [0.5, 0.6) is 0 Å². The summed E-state index contributed by atoms with van der Waals surface area (Å²) in [4.78, 5) is 0. The van der Waals surface area contributed by atoms with E-state index in [2.05, 4.69) is 0 Å². The Labute approximate surface area is 96.3 Å². The zero-order chi connectivity index (χ0) is 12.6. The molecule has 0 saturated carbocycles. The van der Waals surface area contributed by atoms with Gasteiger partial charge < -0.3 is 0 Å². The molecular formula is C12H8BF4-. The molecule has 0 bridgehead atoms. The van der Waals surface area contributed by atoms with E-state index in [1.165, 1.54) is 12.1 Å². The monoisotopic (exact) mass is 239 g/mol. The number of rotatable bonds is 1. The Morgan fingerprint density at radius 3 is 1.65 bits per heavy atom. The average molecular weight is 239 g/mol. The Balaban J connectivity index is 2.80. The summed E-state index contributed by atoms with van der Waals surface area (Å²) in [6, 6.07) is 7.56. The number of hydrogen-bond donors (Lipinski definition) is 0. The van der Waals surface area contributed by atoms with E-state index < -0.39 is 42.1 Å². The van der Waals surface area contributed by atoms with Crippen molar-refractivity contribution >= 4 is 13.3 Å². The van der Waals surface area contributed by atoms with Crippen molar-refractivity contribution < 1.29 is 17.6 Å². The molecule has 5 heteroatoms. The van der Waals surface area contributed by atoms with Gasteiger partial charge in [-0.15, -0.1) is 5.46 Å². The lowest BCUT2D eigenvalue weighted by Crippen LogP contribution is -2.19. The molecule has 0 unspecified atom stereocenters. The molecule has 0 spiro atoms. The van der Waals surface area contributed by atoms with Crippen LogP contribution >= 0.6 is 0 Å². The lowest BCUT2D eigenvalue weighted by molar-refractivity contribution is 0.468. The molecule has 0 N–H and O–H groups in total. The van der Waals surface area contributed by atoms with Crippen LogP contribution in [0.1, 0.15) is 0 Å². The highest BCUT2D eigenvalue weighted by Gasteiger charge is 2.21. The summed E-state index contributed by atoms with van der Waals surface area (Å²) in [5.74, 6) is -5.11. The fourth-order valence-electron chi connectivity index (χ4n) is 1.38. The number of benzene rings is 2. The van der Waals surface area contributed by atoms with E-state index in [9.17, 15) is 17.6 Å². The number of hydrogen-bond acceptors (Lipinski definition) is 0. The van der Waals surface area contributed by atoms with Crippen molar-refractivity contribution in [3.8, 4) is 11.1 Å². The molecule has 0 aliphatic carbocycles. The minimum absolute atomic E-state index is 0.125. The van der Waals surface area contributed by atoms with Gasteiger partial charge in [0.15, 0.2) is 11.6 Å². The van der Waals surface area contributed by atoms with Gasteiger partial charge in [0.05, 0.1) is 5.56 Å². The lowest BCUT2D eigenvalue weighted by atomic mass is 9.91. The van der Waals surface area contributed by atoms with E-state index in [4.69, 9.17) is 0 Å². The van der Waals surface area contributed by atoms with Crippen LogP contribution in [0.2, 0.25) is 0 Å². The van der Waals surface area contributed by atoms with Crippen molar-refractivity contribution in [2.24, 2.45) is 0 Å². The van der Waals surface area contributed by atoms with E-state index in [0.29, 0.717) is 0 Å². The van der Waals surface area contributed by atoms with E-state index in [1.807, 2.05) is 0 Å². The van der Waals surface area contributed by atoms with Gasteiger partial charge in [-0.3, -0.25) is 0 Å². The van der Waals surface area contributed by atoms with Crippen molar-refractivity contribution in [3.63, 3.8) is 0 Å². The van der Waals surface area contributed by atoms with Gasteiger partial charge in [-0.05, 0) is 13.4 Å². The molecule has 88 valence electrons. The Morgan fingerprint density at radius 2 is 1.18 bits per heavy atom. The van der Waals surface area contributed by atoms with Crippen LogP contribution in [-0.4, -0.2) is 7.85 Å². The average Bonchev–Trinajstić information content (AvgIpc) is 2.36. The fraction of sp³-hybridized carbons (Fsp3) is 0. The first-order chi connectivity index (χ1) is 8.04. The molecule has 0 nitrogen and oxygen atoms in total. The van der Waals surface area contributed by atoms with E-state index >= 15 is 0 Å². The number of halogens is 4. The summed E-state index contributed by atoms with van der Waals surface area (Å²) in [6.07, 6.45) is 0. The molecule has 0 radical (unpaired) electrons. The molecule has 0 aromatic heterocycles. The molecule has 0 aliphatic rings. The van der Waals surface area contributed by atoms with Crippen molar-refractivity contribution in [1.82, 2.24) is 0 Å². The maximum absolute atomic E-state index is 13.6. The molecule has 0 fully saturated rings. The minimum Gasteiger partial charge on any atom is -0.207 e. The zero-order valence-corrected chi connectivity index (χ0v) is 7.90. The highest BCUT2D eigenvalue weighted by Crippen LogP contribution is 2.28. The molecule has 2 rings (SSSR count). The third-order valence-corrected chi connectivity index (χ3v) is 2.11. The first-order valence-electron chi connectivity index (χ1n) is 4.42. The first kappa shape index (κ1) is 11.7. The quantitative estimate of drug-likeness (QED) is 0.405. The summed E-state index contributed by atoms with van der Waals surface area (Å²) in [5, 5.41) is 0. The van der Waals surface area contributed by atoms with E-state index in [1.54, 1.807) is 18.2 Å². The Morgan fingerprint density at radius 1 is 0.706 bits per heavy atom. The van der Waals surface area contributed by atoms with Crippen LogP contribution in [0.3, 0.4) is 0 Å². The summed E-state index contributed by atoms with van der Waals surface area (Å²) < 4.78 is 54.1. The Bertz CT molecular complexity index is 537. The van der Waals surface area contributed by atoms with E-state index in [-0.39, 0.29) is 5.56 Å². The van der Waals surface area contributed by atoms with Gasteiger partial charge in [-0.1, -0.05) is 30.3 Å². The van der Waals surface area contributed by atoms with Crippen LogP contribution in [0.4, 0.5) is 17.6 Å². The molecule has 0 aliphatic heterocycles. The summed E-state index contributed by atoms with van der Waals surface area (Å²) in [7, 11) is -0.963. The van der Waals surface area contributed by atoms with Crippen LogP contribution in [-0.2, 0) is 0 Å². The SMILES string of the molecule is [BH3-]c1c(F)c(F)c(-c2ccccc2)c(F)c1F. The molecule has 0 amide bonds. The molecule has 0 saturated heterocycles. The van der Waals surface area contributed by atoms with Crippen LogP contribution in [0, 0.1) is 23.3 Å². The van der Waals surface area contributed by atoms with E-state index in [0.717, 1.165) is 0 Å². The van der Waals surface area contributed by atoms with Crippen molar-refractivity contribution in [2.75, 3.05) is 0 Å². The van der Waals surface area contributed by atoms with Gasteiger partial charge in [0.25, 0.3) is 0 Å². The summed E-state index contributed by atoms with van der Waals surface area (Å²) in [5.41, 5.74) is -0.913. The lowest BCUT2D eigenvalue weighted by Gasteiger charge is -2.12. The summed E-state index contributed by atoms with van der Waals surface area (Å²) in [6.45, 7) is 0. The maximum atomic E-state index is 13.6. The topological polar surface area (TPSA) is 0 Å². The predicted molar refractivity (Wildman–Crippen MR) is 61.3 cm³/mol. The molecule has 17 heavy (non-hydrogen) atoms. The van der Waals surface area contributed by atoms with Crippen LogP contribution < -0.4 is 5.46 Å². The molecule has 2 aromatic carbocycles. The van der Waals surface area contributed by atoms with Gasteiger partial charge in [0.1, 0.15) is 11.6 Å². The second-order valence-electron chi connectivity index (χ2n) is 3.12. The zero-order valence-electron chi connectivity index (χ0n) is 7.90. The van der Waals surface area contributed by atoms with Gasteiger partial charge in [-0.25, -0.2) is 17.6 Å². The van der Waals surface area contributed by atoms with Crippen LogP contribution in [0.15, 0.2) is 30.3 Å².